The number of nitrogens with zero attached hydrogens (tertiary/aromatic N) is 2. The number of hydrogen-bond acceptors (Lipinski definition) is 5. The van der Waals surface area contributed by atoms with Crippen LogP contribution in [0.25, 0.3) is 5.69 Å². The molecule has 3 rings (SSSR count). The van der Waals surface area contributed by atoms with Crippen molar-refractivity contribution in [2.24, 2.45) is 0 Å². The Morgan fingerprint density at radius 1 is 1.19 bits per heavy atom. The Labute approximate surface area is 120 Å². The average Bonchev–Trinajstić information content (AvgIpc) is 3.05. The Morgan fingerprint density at radius 2 is 1.95 bits per heavy atom. The molecule has 6 heteroatoms. The first-order valence-electron chi connectivity index (χ1n) is 6.52. The van der Waals surface area contributed by atoms with E-state index in [4.69, 9.17) is 4.74 Å². The Bertz CT molecular complexity index is 813. The zero-order chi connectivity index (χ0) is 14.8. The number of imidazole rings is 1. The van der Waals surface area contributed by atoms with Crippen molar-refractivity contribution in [1.82, 2.24) is 9.55 Å². The minimum absolute atomic E-state index is 0.112. The van der Waals surface area contributed by atoms with Crippen LogP contribution in [0.2, 0.25) is 0 Å². The van der Waals surface area contributed by atoms with Crippen LogP contribution in [0, 0.1) is 0 Å². The number of ether oxygens (including phenoxy) is 1. The lowest BCUT2D eigenvalue weighted by molar-refractivity contribution is 0.335. The molecule has 2 aromatic carbocycles. The average molecular weight is 283 g/mol. The van der Waals surface area contributed by atoms with Crippen LogP contribution < -0.4 is 20.9 Å². The van der Waals surface area contributed by atoms with Gasteiger partial charge < -0.3 is 14.6 Å². The van der Waals surface area contributed by atoms with Crippen molar-refractivity contribution >= 4 is 11.4 Å². The van der Waals surface area contributed by atoms with E-state index in [-0.39, 0.29) is 11.4 Å². The van der Waals surface area contributed by atoms with E-state index in [1.807, 2.05) is 35.0 Å². The molecule has 0 bridgehead atoms. The number of anilines is 2. The summed E-state index contributed by atoms with van der Waals surface area (Å²) in [5.74, 6) is 0.112. The molecule has 6 nitrogen and oxygen atoms in total. The third-order valence-corrected chi connectivity index (χ3v) is 3.09. The molecule has 0 unspecified atom stereocenters. The quantitative estimate of drug-likeness (QED) is 0.720. The number of nitrogens with one attached hydrogen (secondary N) is 1. The van der Waals surface area contributed by atoms with Gasteiger partial charge in [0.2, 0.25) is 0 Å². The zero-order valence-electron chi connectivity index (χ0n) is 11.4. The molecule has 0 saturated heterocycles. The molecule has 1 N–H and O–H groups in total. The van der Waals surface area contributed by atoms with Gasteiger partial charge in [0, 0.05) is 23.8 Å². The molecule has 0 amide bonds. The van der Waals surface area contributed by atoms with E-state index >= 15 is 0 Å². The minimum Gasteiger partial charge on any atom is -0.488 e. The molecule has 1 heterocycles. The lowest BCUT2D eigenvalue weighted by atomic mass is 10.2. The molecule has 0 fully saturated rings. The maximum absolute atomic E-state index is 11.5. The summed E-state index contributed by atoms with van der Waals surface area (Å²) in [4.78, 5) is 26.9. The Balaban J connectivity index is 1.82. The molecule has 0 saturated carbocycles. The minimum atomic E-state index is -0.575. The topological polar surface area (TPSA) is 73.2 Å². The van der Waals surface area contributed by atoms with Crippen molar-refractivity contribution in [2.75, 3.05) is 11.9 Å². The van der Waals surface area contributed by atoms with Gasteiger partial charge >= 0.3 is 0 Å². The highest BCUT2D eigenvalue weighted by atomic mass is 16.5. The second-order valence-electron chi connectivity index (χ2n) is 4.44. The maximum atomic E-state index is 11.5. The standard InChI is InChI=1S/C15H13N3O3/c1-2-21-15-12(13(19)14(15)20)17-10-3-5-11(6-4-10)18-8-7-16-9-18/h3-9,17H,2H2,1H3. The van der Waals surface area contributed by atoms with Crippen molar-refractivity contribution in [3.63, 3.8) is 0 Å². The molecule has 0 aliphatic carbocycles. The molecular weight excluding hydrogens is 270 g/mol. The van der Waals surface area contributed by atoms with E-state index in [0.717, 1.165) is 5.69 Å². The van der Waals surface area contributed by atoms with Crippen LogP contribution in [0.5, 0.6) is 5.75 Å². The summed E-state index contributed by atoms with van der Waals surface area (Å²) in [7, 11) is 0. The zero-order valence-corrected chi connectivity index (χ0v) is 11.4. The van der Waals surface area contributed by atoms with Gasteiger partial charge in [-0.25, -0.2) is 4.98 Å². The SMILES string of the molecule is CCOc1c(Nc2ccc(-n3ccnc3)cc2)c(=O)c1=O. The largest absolute Gasteiger partial charge is 0.488 e. The molecule has 0 aliphatic rings. The molecule has 106 valence electrons. The van der Waals surface area contributed by atoms with Gasteiger partial charge in [-0.2, -0.15) is 0 Å². The maximum Gasteiger partial charge on any atom is 0.272 e. The third-order valence-electron chi connectivity index (χ3n) is 3.09. The highest BCUT2D eigenvalue weighted by Gasteiger charge is 2.22. The van der Waals surface area contributed by atoms with E-state index in [9.17, 15) is 9.59 Å². The van der Waals surface area contributed by atoms with Gasteiger partial charge in [-0.1, -0.05) is 0 Å². The van der Waals surface area contributed by atoms with E-state index in [0.29, 0.717) is 12.3 Å². The summed E-state index contributed by atoms with van der Waals surface area (Å²) < 4.78 is 7.03. The smallest absolute Gasteiger partial charge is 0.272 e. The van der Waals surface area contributed by atoms with E-state index in [1.54, 1.807) is 19.4 Å². The molecule has 0 radical (unpaired) electrons. The van der Waals surface area contributed by atoms with Crippen molar-refractivity contribution in [2.45, 2.75) is 6.92 Å². The summed E-state index contributed by atoms with van der Waals surface area (Å²) in [6.45, 7) is 2.11. The van der Waals surface area contributed by atoms with Crippen molar-refractivity contribution in [3.8, 4) is 11.4 Å². The van der Waals surface area contributed by atoms with Crippen LogP contribution in [0.15, 0.2) is 52.6 Å². The monoisotopic (exact) mass is 283 g/mol. The number of hydrogen-bond donors (Lipinski definition) is 1. The molecular formula is C15H13N3O3. The predicted octanol–water partition coefficient (Wildman–Crippen LogP) is 1.61. The van der Waals surface area contributed by atoms with Gasteiger partial charge in [-0.05, 0) is 31.2 Å². The van der Waals surface area contributed by atoms with E-state index < -0.39 is 10.9 Å². The molecule has 3 aromatic rings. The summed E-state index contributed by atoms with van der Waals surface area (Å²) in [6, 6.07) is 7.41. The van der Waals surface area contributed by atoms with Crippen LogP contribution in [0.1, 0.15) is 6.92 Å². The van der Waals surface area contributed by atoms with Gasteiger partial charge in [0.1, 0.15) is 5.69 Å². The first-order chi connectivity index (χ1) is 10.2. The molecule has 0 spiro atoms. The molecule has 1 aromatic heterocycles. The Kier molecular flexibility index (Phi) is 3.27. The first kappa shape index (κ1) is 13.1. The molecule has 21 heavy (non-hydrogen) atoms. The Morgan fingerprint density at radius 3 is 2.57 bits per heavy atom. The molecule has 0 atom stereocenters. The highest BCUT2D eigenvalue weighted by Crippen LogP contribution is 2.23. The van der Waals surface area contributed by atoms with Gasteiger partial charge in [-0.3, -0.25) is 9.59 Å². The second-order valence-corrected chi connectivity index (χ2v) is 4.44. The van der Waals surface area contributed by atoms with Gasteiger partial charge in [0.05, 0.1) is 12.9 Å². The predicted molar refractivity (Wildman–Crippen MR) is 79.4 cm³/mol. The first-order valence-corrected chi connectivity index (χ1v) is 6.52. The van der Waals surface area contributed by atoms with E-state index in [1.165, 1.54) is 0 Å². The normalized spacial score (nSPS) is 10.7. The van der Waals surface area contributed by atoms with Crippen molar-refractivity contribution in [3.05, 3.63) is 63.4 Å². The summed E-state index contributed by atoms with van der Waals surface area (Å²) in [5, 5.41) is 2.93. The van der Waals surface area contributed by atoms with Crippen molar-refractivity contribution in [1.29, 1.82) is 0 Å². The summed E-state index contributed by atoms with van der Waals surface area (Å²) >= 11 is 0. The lowest BCUT2D eigenvalue weighted by Gasteiger charge is -2.13. The van der Waals surface area contributed by atoms with Gasteiger partial charge in [0.15, 0.2) is 5.75 Å². The summed E-state index contributed by atoms with van der Waals surface area (Å²) in [6.07, 6.45) is 5.24. The fourth-order valence-electron chi connectivity index (χ4n) is 2.04. The lowest BCUT2D eigenvalue weighted by Crippen LogP contribution is -2.35. The third kappa shape index (κ3) is 2.31. The number of aromatic nitrogens is 2. The Hall–Kier alpha value is -2.89. The fraction of sp³-hybridized carbons (Fsp3) is 0.133. The van der Waals surface area contributed by atoms with Crippen LogP contribution in [-0.4, -0.2) is 16.2 Å². The van der Waals surface area contributed by atoms with Crippen LogP contribution in [0.4, 0.5) is 11.4 Å². The second kappa shape index (κ2) is 5.24. The van der Waals surface area contributed by atoms with Gasteiger partial charge in [0.25, 0.3) is 10.9 Å². The fourth-order valence-corrected chi connectivity index (χ4v) is 2.04. The van der Waals surface area contributed by atoms with Crippen LogP contribution >= 0.6 is 0 Å². The van der Waals surface area contributed by atoms with Crippen LogP contribution in [-0.2, 0) is 0 Å². The van der Waals surface area contributed by atoms with Gasteiger partial charge in [-0.15, -0.1) is 0 Å². The highest BCUT2D eigenvalue weighted by molar-refractivity contribution is 5.70. The summed E-state index contributed by atoms with van der Waals surface area (Å²) in [5.41, 5.74) is 0.767. The van der Waals surface area contributed by atoms with Crippen molar-refractivity contribution < 1.29 is 4.74 Å². The molecule has 0 aliphatic heterocycles. The van der Waals surface area contributed by atoms with Crippen LogP contribution in [0.3, 0.4) is 0 Å². The number of rotatable bonds is 5. The number of benzene rings is 1. The van der Waals surface area contributed by atoms with E-state index in [2.05, 4.69) is 10.3 Å².